The molecule has 42 heavy (non-hydrogen) atoms. The molecule has 4 aromatic carbocycles. The Morgan fingerprint density at radius 2 is 1.62 bits per heavy atom. The summed E-state index contributed by atoms with van der Waals surface area (Å²) < 4.78 is 0. The van der Waals surface area contributed by atoms with Gasteiger partial charge in [-0.3, -0.25) is 14.5 Å². The summed E-state index contributed by atoms with van der Waals surface area (Å²) in [6.07, 6.45) is 1.36. The van der Waals surface area contributed by atoms with Crippen LogP contribution in [0.25, 0.3) is 10.9 Å². The Balaban J connectivity index is 1.21. The van der Waals surface area contributed by atoms with Crippen LogP contribution in [-0.2, 0) is 17.6 Å². The number of benzene rings is 4. The number of nitrogens with one attached hydrogen (secondary N) is 2. The summed E-state index contributed by atoms with van der Waals surface area (Å²) in [6.45, 7) is 4.11. The van der Waals surface area contributed by atoms with Gasteiger partial charge >= 0.3 is 6.03 Å². The van der Waals surface area contributed by atoms with Gasteiger partial charge < -0.3 is 10.3 Å². The Morgan fingerprint density at radius 3 is 2.33 bits per heavy atom. The number of aromatic amines is 1. The van der Waals surface area contributed by atoms with Gasteiger partial charge in [0.25, 0.3) is 11.8 Å². The zero-order chi connectivity index (χ0) is 29.0. The summed E-state index contributed by atoms with van der Waals surface area (Å²) in [7, 11) is 0. The largest absolute Gasteiger partial charge is 0.356 e. The molecule has 2 atom stereocenters. The van der Waals surface area contributed by atoms with E-state index in [1.807, 2.05) is 73.7 Å². The first-order valence-electron chi connectivity index (χ1n) is 14.3. The molecule has 7 rings (SSSR count). The van der Waals surface area contributed by atoms with Gasteiger partial charge in [-0.2, -0.15) is 0 Å². The number of nitrogens with zero attached hydrogens (tertiary/aromatic N) is 2. The van der Waals surface area contributed by atoms with Gasteiger partial charge in [0, 0.05) is 34.3 Å². The Morgan fingerprint density at radius 1 is 0.905 bits per heavy atom. The Hall–Kier alpha value is -5.17. The number of carbonyl (C=O) groups excluding carboxylic acids is 3. The van der Waals surface area contributed by atoms with Gasteiger partial charge in [0.05, 0.1) is 5.69 Å². The molecule has 2 unspecified atom stereocenters. The fraction of sp³-hybridized carbons (Fsp3) is 0.171. The van der Waals surface area contributed by atoms with Gasteiger partial charge in [-0.25, -0.2) is 9.69 Å². The number of hydrogen-bond acceptors (Lipinski definition) is 3. The molecule has 5 aromatic rings. The van der Waals surface area contributed by atoms with Crippen molar-refractivity contribution in [3.8, 4) is 0 Å². The second-order valence-electron chi connectivity index (χ2n) is 11.0. The second-order valence-corrected chi connectivity index (χ2v) is 11.0. The molecule has 2 aliphatic heterocycles. The van der Waals surface area contributed by atoms with Crippen molar-refractivity contribution in [1.29, 1.82) is 0 Å². The molecule has 2 aliphatic rings. The third-order valence-electron chi connectivity index (χ3n) is 8.45. The van der Waals surface area contributed by atoms with Gasteiger partial charge in [-0.1, -0.05) is 67.1 Å². The molecule has 4 amide bonds. The zero-order valence-corrected chi connectivity index (χ0v) is 23.4. The van der Waals surface area contributed by atoms with Crippen molar-refractivity contribution < 1.29 is 14.4 Å². The number of carbonyl (C=O) groups is 3. The van der Waals surface area contributed by atoms with Crippen LogP contribution < -0.4 is 10.2 Å². The number of anilines is 2. The smallest absolute Gasteiger partial charge is 0.332 e. The normalized spacial score (nSPS) is 17.9. The van der Waals surface area contributed by atoms with Crippen LogP contribution in [0.4, 0.5) is 16.2 Å². The molecule has 2 N–H and O–H groups in total. The molecule has 208 valence electrons. The van der Waals surface area contributed by atoms with E-state index < -0.39 is 12.1 Å². The maximum atomic E-state index is 14.1. The molecule has 0 aliphatic carbocycles. The number of H-pyrrole nitrogens is 1. The second kappa shape index (κ2) is 10.0. The van der Waals surface area contributed by atoms with E-state index in [2.05, 4.69) is 23.3 Å². The zero-order valence-electron chi connectivity index (χ0n) is 23.4. The highest BCUT2D eigenvalue weighted by Gasteiger charge is 2.53. The van der Waals surface area contributed by atoms with Crippen molar-refractivity contribution in [2.24, 2.45) is 0 Å². The summed E-state index contributed by atoms with van der Waals surface area (Å²) in [5.74, 6) is -0.520. The Bertz CT molecular complexity index is 1840. The van der Waals surface area contributed by atoms with E-state index in [0.29, 0.717) is 23.4 Å². The van der Waals surface area contributed by atoms with E-state index in [1.54, 1.807) is 29.2 Å². The molecule has 7 nitrogen and oxygen atoms in total. The fourth-order valence-corrected chi connectivity index (χ4v) is 6.20. The maximum absolute atomic E-state index is 14.1. The number of urea groups is 1. The minimum absolute atomic E-state index is 0.257. The number of para-hydroxylation sites is 1. The summed E-state index contributed by atoms with van der Waals surface area (Å²) in [6, 6.07) is 29.1. The summed E-state index contributed by atoms with van der Waals surface area (Å²) in [4.78, 5) is 47.4. The molecule has 7 heteroatoms. The summed E-state index contributed by atoms with van der Waals surface area (Å²) >= 11 is 0. The van der Waals surface area contributed by atoms with Gasteiger partial charge in [0.1, 0.15) is 12.1 Å². The topological polar surface area (TPSA) is 85.5 Å². The van der Waals surface area contributed by atoms with Crippen LogP contribution in [-0.4, -0.2) is 33.8 Å². The molecule has 1 saturated heterocycles. The lowest BCUT2D eigenvalue weighted by Crippen LogP contribution is -2.44. The van der Waals surface area contributed by atoms with E-state index in [1.165, 1.54) is 10.5 Å². The predicted molar refractivity (Wildman–Crippen MR) is 164 cm³/mol. The molecule has 1 fully saturated rings. The highest BCUT2D eigenvalue weighted by Crippen LogP contribution is 2.44. The quantitative estimate of drug-likeness (QED) is 0.235. The predicted octanol–water partition coefficient (Wildman–Crippen LogP) is 6.77. The molecular formula is C35H30N4O3. The lowest BCUT2D eigenvalue weighted by atomic mass is 9.88. The Kier molecular flexibility index (Phi) is 6.16. The minimum atomic E-state index is -0.635. The first kappa shape index (κ1) is 25.8. The number of hydrogen-bond donors (Lipinski definition) is 2. The highest BCUT2D eigenvalue weighted by molar-refractivity contribution is 6.22. The molecule has 0 saturated carbocycles. The van der Waals surface area contributed by atoms with Crippen LogP contribution in [0.1, 0.15) is 51.3 Å². The lowest BCUT2D eigenvalue weighted by molar-refractivity contribution is -0.120. The highest BCUT2D eigenvalue weighted by atomic mass is 16.2. The number of aryl methyl sites for hydroxylation is 2. The van der Waals surface area contributed by atoms with Crippen molar-refractivity contribution in [1.82, 2.24) is 9.88 Å². The van der Waals surface area contributed by atoms with Crippen LogP contribution in [0.2, 0.25) is 0 Å². The van der Waals surface area contributed by atoms with E-state index in [-0.39, 0.29) is 17.8 Å². The average molecular weight is 555 g/mol. The molecule has 0 bridgehead atoms. The SMILES string of the molecule is CCc1ccc(NC(=O)c2ccc(N3C(=O)C4Cc5c([nH]c6ccccc56)C(c5ccc(C)cc5)N4C3=O)cc2)cc1. The number of rotatable bonds is 5. The van der Waals surface area contributed by atoms with E-state index >= 15 is 0 Å². The molecular weight excluding hydrogens is 524 g/mol. The first-order valence-corrected chi connectivity index (χ1v) is 14.3. The lowest BCUT2D eigenvalue weighted by Gasteiger charge is -2.36. The van der Waals surface area contributed by atoms with Crippen LogP contribution in [0.5, 0.6) is 0 Å². The van der Waals surface area contributed by atoms with Crippen molar-refractivity contribution in [2.75, 3.05) is 10.2 Å². The van der Waals surface area contributed by atoms with Gasteiger partial charge in [0.2, 0.25) is 0 Å². The van der Waals surface area contributed by atoms with Crippen molar-refractivity contribution in [2.45, 2.75) is 38.8 Å². The van der Waals surface area contributed by atoms with Crippen molar-refractivity contribution in [3.05, 3.63) is 131 Å². The summed E-state index contributed by atoms with van der Waals surface area (Å²) in [5.41, 5.74) is 7.86. The van der Waals surface area contributed by atoms with Crippen LogP contribution >= 0.6 is 0 Å². The summed E-state index contributed by atoms with van der Waals surface area (Å²) in [5, 5.41) is 3.98. The van der Waals surface area contributed by atoms with Gasteiger partial charge in [-0.05, 0) is 72.5 Å². The third-order valence-corrected chi connectivity index (χ3v) is 8.45. The van der Waals surface area contributed by atoms with Gasteiger partial charge in [-0.15, -0.1) is 0 Å². The number of fused-ring (bicyclic) bond motifs is 4. The standard InChI is InChI=1S/C35H30N4O3/c1-3-22-10-16-25(17-11-22)36-33(40)24-14-18-26(19-15-24)38-34(41)30-20-28-27-6-4-5-7-29(27)37-31(28)32(39(30)35(38)42)23-12-8-21(2)9-13-23/h4-19,30,32,37H,3,20H2,1-2H3,(H,36,40). The number of aromatic nitrogens is 1. The van der Waals surface area contributed by atoms with Crippen LogP contribution in [0, 0.1) is 6.92 Å². The maximum Gasteiger partial charge on any atom is 0.332 e. The average Bonchev–Trinajstić information content (AvgIpc) is 3.51. The monoisotopic (exact) mass is 554 g/mol. The Labute approximate surface area is 243 Å². The van der Waals surface area contributed by atoms with Crippen LogP contribution in [0.3, 0.4) is 0 Å². The molecule has 0 spiro atoms. The van der Waals surface area contributed by atoms with E-state index in [9.17, 15) is 14.4 Å². The van der Waals surface area contributed by atoms with E-state index in [4.69, 9.17) is 0 Å². The number of imide groups is 1. The molecule has 3 heterocycles. The third kappa shape index (κ3) is 4.16. The van der Waals surface area contributed by atoms with Crippen LogP contribution in [0.15, 0.2) is 97.1 Å². The fourth-order valence-electron chi connectivity index (χ4n) is 6.20. The van der Waals surface area contributed by atoms with E-state index in [0.717, 1.165) is 39.7 Å². The minimum Gasteiger partial charge on any atom is -0.356 e. The van der Waals surface area contributed by atoms with Crippen molar-refractivity contribution >= 4 is 40.1 Å². The van der Waals surface area contributed by atoms with Gasteiger partial charge in [0.15, 0.2) is 0 Å². The number of amides is 4. The first-order chi connectivity index (χ1) is 20.4. The molecule has 0 radical (unpaired) electrons. The van der Waals surface area contributed by atoms with Crippen molar-refractivity contribution in [3.63, 3.8) is 0 Å². The molecule has 1 aromatic heterocycles.